The summed E-state index contributed by atoms with van der Waals surface area (Å²) in [7, 11) is 0. The van der Waals surface area contributed by atoms with E-state index in [2.05, 4.69) is 14.9 Å². The average molecular weight is 274 g/mol. The number of nitrogens with zero attached hydrogens (tertiary/aromatic N) is 4. The molecule has 0 N–H and O–H groups in total. The van der Waals surface area contributed by atoms with Crippen molar-refractivity contribution in [2.24, 2.45) is 0 Å². The van der Waals surface area contributed by atoms with Crippen LogP contribution in [-0.2, 0) is 0 Å². The van der Waals surface area contributed by atoms with Crippen LogP contribution in [0.2, 0.25) is 0 Å². The van der Waals surface area contributed by atoms with Crippen molar-refractivity contribution < 1.29 is 4.79 Å². The molecule has 5 heteroatoms. The van der Waals surface area contributed by atoms with Gasteiger partial charge in [0.05, 0.1) is 12.4 Å². The summed E-state index contributed by atoms with van der Waals surface area (Å²) >= 11 is 0. The van der Waals surface area contributed by atoms with Crippen LogP contribution in [0.5, 0.6) is 0 Å². The number of likely N-dealkylation sites (tertiary alicyclic amines) is 1. The number of amides is 1. The summed E-state index contributed by atoms with van der Waals surface area (Å²) in [5.41, 5.74) is 0.495. The van der Waals surface area contributed by atoms with Gasteiger partial charge < -0.3 is 9.80 Å². The summed E-state index contributed by atoms with van der Waals surface area (Å²) in [5.74, 6) is 0.892. The first-order chi connectivity index (χ1) is 9.84. The Morgan fingerprint density at radius 1 is 0.900 bits per heavy atom. The predicted octanol–water partition coefficient (Wildman–Crippen LogP) is 2.09. The highest BCUT2D eigenvalue weighted by atomic mass is 16.2. The Kier molecular flexibility index (Phi) is 4.14. The van der Waals surface area contributed by atoms with Crippen molar-refractivity contribution in [3.63, 3.8) is 0 Å². The van der Waals surface area contributed by atoms with Gasteiger partial charge in [0, 0.05) is 26.2 Å². The summed E-state index contributed by atoms with van der Waals surface area (Å²) in [4.78, 5) is 25.4. The standard InChI is InChI=1S/C15H22N4O/c20-15(19-9-5-2-6-10-19)13-11-16-12-14(17-13)18-7-3-1-4-8-18/h11-12H,1-10H2. The van der Waals surface area contributed by atoms with Crippen LogP contribution in [0.25, 0.3) is 0 Å². The molecule has 0 radical (unpaired) electrons. The van der Waals surface area contributed by atoms with Crippen LogP contribution in [-0.4, -0.2) is 47.0 Å². The third kappa shape index (κ3) is 2.92. The molecule has 0 unspecified atom stereocenters. The Balaban J connectivity index is 1.74. The highest BCUT2D eigenvalue weighted by Crippen LogP contribution is 2.18. The van der Waals surface area contributed by atoms with Crippen LogP contribution in [0, 0.1) is 0 Å². The van der Waals surface area contributed by atoms with Gasteiger partial charge in [0.25, 0.3) is 5.91 Å². The van der Waals surface area contributed by atoms with Crippen molar-refractivity contribution in [2.45, 2.75) is 38.5 Å². The highest BCUT2D eigenvalue weighted by Gasteiger charge is 2.21. The zero-order valence-corrected chi connectivity index (χ0v) is 11.9. The maximum Gasteiger partial charge on any atom is 0.274 e. The van der Waals surface area contributed by atoms with E-state index >= 15 is 0 Å². The molecule has 1 amide bonds. The van der Waals surface area contributed by atoms with Gasteiger partial charge >= 0.3 is 0 Å². The van der Waals surface area contributed by atoms with Gasteiger partial charge in [0.15, 0.2) is 0 Å². The number of piperidine rings is 2. The van der Waals surface area contributed by atoms with E-state index in [-0.39, 0.29) is 5.91 Å². The van der Waals surface area contributed by atoms with Gasteiger partial charge in [-0.05, 0) is 38.5 Å². The van der Waals surface area contributed by atoms with Crippen LogP contribution >= 0.6 is 0 Å². The van der Waals surface area contributed by atoms with E-state index in [0.29, 0.717) is 5.69 Å². The molecule has 0 spiro atoms. The zero-order valence-electron chi connectivity index (χ0n) is 11.9. The van der Waals surface area contributed by atoms with Gasteiger partial charge in [-0.1, -0.05) is 0 Å². The third-order valence-corrected chi connectivity index (χ3v) is 4.16. The minimum atomic E-state index is 0.0380. The molecular formula is C15H22N4O. The number of anilines is 1. The maximum absolute atomic E-state index is 12.4. The van der Waals surface area contributed by atoms with E-state index in [1.165, 1.54) is 25.7 Å². The van der Waals surface area contributed by atoms with Crippen molar-refractivity contribution in [3.05, 3.63) is 18.1 Å². The lowest BCUT2D eigenvalue weighted by molar-refractivity contribution is 0.0718. The normalized spacial score (nSPS) is 20.0. The Morgan fingerprint density at radius 2 is 1.55 bits per heavy atom. The van der Waals surface area contributed by atoms with E-state index in [4.69, 9.17) is 0 Å². The molecule has 3 rings (SSSR count). The summed E-state index contributed by atoms with van der Waals surface area (Å²) in [6.45, 7) is 3.76. The van der Waals surface area contributed by atoms with E-state index < -0.39 is 0 Å². The smallest absolute Gasteiger partial charge is 0.274 e. The first kappa shape index (κ1) is 13.3. The largest absolute Gasteiger partial charge is 0.355 e. The number of carbonyl (C=O) groups excluding carboxylic acids is 1. The number of carbonyl (C=O) groups is 1. The summed E-state index contributed by atoms with van der Waals surface area (Å²) < 4.78 is 0. The fourth-order valence-corrected chi connectivity index (χ4v) is 2.99. The minimum absolute atomic E-state index is 0.0380. The van der Waals surface area contributed by atoms with Gasteiger partial charge in [0.2, 0.25) is 0 Å². The van der Waals surface area contributed by atoms with Crippen LogP contribution in [0.3, 0.4) is 0 Å². The zero-order chi connectivity index (χ0) is 13.8. The molecule has 2 saturated heterocycles. The maximum atomic E-state index is 12.4. The molecule has 0 bridgehead atoms. The van der Waals surface area contributed by atoms with Crippen molar-refractivity contribution >= 4 is 11.7 Å². The molecule has 0 saturated carbocycles. The first-order valence-electron chi connectivity index (χ1n) is 7.71. The van der Waals surface area contributed by atoms with Crippen LogP contribution < -0.4 is 4.90 Å². The van der Waals surface area contributed by atoms with Crippen molar-refractivity contribution in [1.82, 2.24) is 14.9 Å². The van der Waals surface area contributed by atoms with E-state index in [1.54, 1.807) is 12.4 Å². The molecule has 2 fully saturated rings. The number of hydrogen-bond donors (Lipinski definition) is 0. The second-order valence-electron chi connectivity index (χ2n) is 5.66. The molecule has 0 aliphatic carbocycles. The van der Waals surface area contributed by atoms with Crippen molar-refractivity contribution in [2.75, 3.05) is 31.1 Å². The fraction of sp³-hybridized carbons (Fsp3) is 0.667. The molecule has 2 aliphatic heterocycles. The second-order valence-corrected chi connectivity index (χ2v) is 5.66. The summed E-state index contributed by atoms with van der Waals surface area (Å²) in [6, 6.07) is 0. The monoisotopic (exact) mass is 274 g/mol. The number of rotatable bonds is 2. The van der Waals surface area contributed by atoms with E-state index in [1.807, 2.05) is 4.90 Å². The SMILES string of the molecule is O=C(c1cncc(N2CCCCC2)n1)N1CCCCC1. The topological polar surface area (TPSA) is 49.3 Å². The van der Waals surface area contributed by atoms with Crippen LogP contribution in [0.15, 0.2) is 12.4 Å². The molecule has 0 atom stereocenters. The Bertz CT molecular complexity index is 465. The van der Waals surface area contributed by atoms with Gasteiger partial charge in [-0.2, -0.15) is 0 Å². The van der Waals surface area contributed by atoms with Gasteiger partial charge in [-0.15, -0.1) is 0 Å². The molecular weight excluding hydrogens is 252 g/mol. The summed E-state index contributed by atoms with van der Waals surface area (Å²) in [5, 5.41) is 0. The fourth-order valence-electron chi connectivity index (χ4n) is 2.99. The molecule has 5 nitrogen and oxygen atoms in total. The van der Waals surface area contributed by atoms with Crippen LogP contribution in [0.1, 0.15) is 49.0 Å². The van der Waals surface area contributed by atoms with Gasteiger partial charge in [-0.3, -0.25) is 9.78 Å². The van der Waals surface area contributed by atoms with Crippen molar-refractivity contribution in [3.8, 4) is 0 Å². The summed E-state index contributed by atoms with van der Waals surface area (Å²) in [6.07, 6.45) is 10.5. The minimum Gasteiger partial charge on any atom is -0.355 e. The lowest BCUT2D eigenvalue weighted by atomic mass is 10.1. The van der Waals surface area contributed by atoms with Gasteiger partial charge in [-0.25, -0.2) is 4.98 Å². The number of hydrogen-bond acceptors (Lipinski definition) is 4. The quantitative estimate of drug-likeness (QED) is 0.828. The molecule has 2 aliphatic rings. The van der Waals surface area contributed by atoms with Gasteiger partial charge in [0.1, 0.15) is 11.5 Å². The van der Waals surface area contributed by atoms with Crippen molar-refractivity contribution in [1.29, 1.82) is 0 Å². The highest BCUT2D eigenvalue weighted by molar-refractivity contribution is 5.92. The molecule has 20 heavy (non-hydrogen) atoms. The molecule has 108 valence electrons. The lowest BCUT2D eigenvalue weighted by Gasteiger charge is -2.29. The average Bonchev–Trinajstić information content (AvgIpc) is 2.56. The molecule has 1 aromatic rings. The first-order valence-corrected chi connectivity index (χ1v) is 7.71. The second kappa shape index (κ2) is 6.20. The Hall–Kier alpha value is -1.65. The Morgan fingerprint density at radius 3 is 2.25 bits per heavy atom. The van der Waals surface area contributed by atoms with E-state index in [9.17, 15) is 4.79 Å². The third-order valence-electron chi connectivity index (χ3n) is 4.16. The number of aromatic nitrogens is 2. The van der Waals surface area contributed by atoms with E-state index in [0.717, 1.165) is 44.8 Å². The predicted molar refractivity (Wildman–Crippen MR) is 77.9 cm³/mol. The van der Waals surface area contributed by atoms with Crippen LogP contribution in [0.4, 0.5) is 5.82 Å². The lowest BCUT2D eigenvalue weighted by Crippen LogP contribution is -2.36. The molecule has 1 aromatic heterocycles. The molecule has 0 aromatic carbocycles. The molecule has 3 heterocycles. The Labute approximate surface area is 120 Å².